The van der Waals surface area contributed by atoms with Crippen molar-refractivity contribution in [1.82, 2.24) is 9.88 Å². The Labute approximate surface area is 175 Å². The van der Waals surface area contributed by atoms with E-state index in [1.165, 1.54) is 23.1 Å². The summed E-state index contributed by atoms with van der Waals surface area (Å²) in [4.78, 5) is 31.2. The van der Waals surface area contributed by atoms with Gasteiger partial charge in [-0.1, -0.05) is 6.07 Å². The first-order chi connectivity index (χ1) is 14.3. The number of anilines is 1. The minimum absolute atomic E-state index is 0.204. The van der Waals surface area contributed by atoms with E-state index in [4.69, 9.17) is 0 Å². The molecule has 0 fully saturated rings. The number of carbonyl (C=O) groups is 2. The van der Waals surface area contributed by atoms with Crippen molar-refractivity contribution < 1.29 is 22.8 Å². The summed E-state index contributed by atoms with van der Waals surface area (Å²) in [6, 6.07) is 8.98. The maximum Gasteiger partial charge on any atom is 0.266 e. The summed E-state index contributed by atoms with van der Waals surface area (Å²) in [6.45, 7) is 3.17. The second-order valence-electron chi connectivity index (χ2n) is 6.40. The number of aromatic nitrogens is 1. The lowest BCUT2D eigenvalue weighted by atomic mass is 10.2. The van der Waals surface area contributed by atoms with Gasteiger partial charge < -0.3 is 10.2 Å². The summed E-state index contributed by atoms with van der Waals surface area (Å²) in [5.41, 5.74) is 0.585. The lowest BCUT2D eigenvalue weighted by molar-refractivity contribution is -0.116. The molecule has 9 heteroatoms. The lowest BCUT2D eigenvalue weighted by Gasteiger charge is -2.20. The Bertz CT molecular complexity index is 1060. The van der Waals surface area contributed by atoms with Crippen molar-refractivity contribution in [2.45, 2.75) is 13.8 Å². The first-order valence-electron chi connectivity index (χ1n) is 9.06. The van der Waals surface area contributed by atoms with E-state index in [9.17, 15) is 22.8 Å². The smallest absolute Gasteiger partial charge is 0.266 e. The molecular weight excluding hydrogens is 415 g/mol. The van der Waals surface area contributed by atoms with Gasteiger partial charge in [-0.25, -0.2) is 18.2 Å². The molecule has 5 nitrogen and oxygen atoms in total. The Morgan fingerprint density at radius 3 is 2.30 bits per heavy atom. The van der Waals surface area contributed by atoms with Crippen molar-refractivity contribution in [2.24, 2.45) is 0 Å². The van der Waals surface area contributed by atoms with Crippen LogP contribution in [0.15, 0.2) is 42.5 Å². The van der Waals surface area contributed by atoms with Gasteiger partial charge in [0.15, 0.2) is 0 Å². The van der Waals surface area contributed by atoms with Gasteiger partial charge in [-0.05, 0) is 50.2 Å². The average molecular weight is 433 g/mol. The van der Waals surface area contributed by atoms with Crippen LogP contribution in [0.4, 0.5) is 18.9 Å². The maximum atomic E-state index is 13.7. The van der Waals surface area contributed by atoms with Crippen molar-refractivity contribution in [3.05, 3.63) is 70.5 Å². The monoisotopic (exact) mass is 433 g/mol. The van der Waals surface area contributed by atoms with E-state index in [2.05, 4.69) is 10.3 Å². The number of nitrogens with zero attached hydrogens (tertiary/aromatic N) is 2. The molecule has 1 N–H and O–H groups in total. The van der Waals surface area contributed by atoms with Gasteiger partial charge in [0.25, 0.3) is 5.91 Å². The van der Waals surface area contributed by atoms with E-state index < -0.39 is 29.1 Å². The van der Waals surface area contributed by atoms with Gasteiger partial charge >= 0.3 is 0 Å². The molecule has 0 aliphatic rings. The first-order valence-corrected chi connectivity index (χ1v) is 9.88. The third kappa shape index (κ3) is 4.68. The van der Waals surface area contributed by atoms with Crippen molar-refractivity contribution in [1.29, 1.82) is 0 Å². The van der Waals surface area contributed by atoms with Gasteiger partial charge in [0, 0.05) is 12.1 Å². The molecule has 0 atom stereocenters. The van der Waals surface area contributed by atoms with E-state index in [0.717, 1.165) is 23.5 Å². The number of nitrogens with one attached hydrogen (secondary N) is 1. The number of hydrogen-bond donors (Lipinski definition) is 1. The molecule has 0 aliphatic heterocycles. The SMILES string of the molecule is CCN(CC(=O)Nc1c(F)cccc1F)C(=O)c1sc(-c2ccc(F)cc2)nc1C. The van der Waals surface area contributed by atoms with Crippen molar-refractivity contribution >= 4 is 28.8 Å². The van der Waals surface area contributed by atoms with Crippen LogP contribution in [0.25, 0.3) is 10.6 Å². The van der Waals surface area contributed by atoms with Crippen LogP contribution in [-0.4, -0.2) is 34.8 Å². The van der Waals surface area contributed by atoms with Crippen LogP contribution in [0.3, 0.4) is 0 Å². The van der Waals surface area contributed by atoms with E-state index in [-0.39, 0.29) is 18.9 Å². The molecule has 3 aromatic rings. The van der Waals surface area contributed by atoms with Gasteiger partial charge in [0.2, 0.25) is 5.91 Å². The van der Waals surface area contributed by atoms with Crippen molar-refractivity contribution in [3.8, 4) is 10.6 Å². The van der Waals surface area contributed by atoms with E-state index in [1.807, 2.05) is 0 Å². The highest BCUT2D eigenvalue weighted by Gasteiger charge is 2.23. The van der Waals surface area contributed by atoms with Gasteiger partial charge in [-0.2, -0.15) is 0 Å². The number of thiazole rings is 1. The summed E-state index contributed by atoms with van der Waals surface area (Å²) in [7, 11) is 0. The molecule has 0 bridgehead atoms. The zero-order chi connectivity index (χ0) is 21.8. The van der Waals surface area contributed by atoms with Crippen LogP contribution in [-0.2, 0) is 4.79 Å². The fourth-order valence-electron chi connectivity index (χ4n) is 2.75. The third-order valence-corrected chi connectivity index (χ3v) is 5.51. The zero-order valence-electron chi connectivity index (χ0n) is 16.2. The highest BCUT2D eigenvalue weighted by molar-refractivity contribution is 7.17. The van der Waals surface area contributed by atoms with E-state index >= 15 is 0 Å². The standard InChI is InChI=1S/C21H18F3N3O2S/c1-3-27(11-17(28)26-18-15(23)5-4-6-16(18)24)21(29)19-12(2)25-20(30-19)13-7-9-14(22)10-8-13/h4-10H,3,11H2,1-2H3,(H,26,28). The maximum absolute atomic E-state index is 13.7. The molecule has 30 heavy (non-hydrogen) atoms. The molecule has 2 amide bonds. The molecule has 2 aromatic carbocycles. The fraction of sp³-hybridized carbons (Fsp3) is 0.190. The first kappa shape index (κ1) is 21.5. The van der Waals surface area contributed by atoms with Crippen LogP contribution >= 0.6 is 11.3 Å². The van der Waals surface area contributed by atoms with Crippen LogP contribution in [0.2, 0.25) is 0 Å². The van der Waals surface area contributed by atoms with Crippen molar-refractivity contribution in [3.63, 3.8) is 0 Å². The Kier molecular flexibility index (Phi) is 6.51. The van der Waals surface area contributed by atoms with E-state index in [1.54, 1.807) is 26.0 Å². The Morgan fingerprint density at radius 2 is 1.70 bits per heavy atom. The third-order valence-electron chi connectivity index (χ3n) is 4.31. The molecule has 156 valence electrons. The average Bonchev–Trinajstić information content (AvgIpc) is 3.10. The largest absolute Gasteiger partial charge is 0.329 e. The number of hydrogen-bond acceptors (Lipinski definition) is 4. The molecule has 0 saturated heterocycles. The molecule has 1 heterocycles. The van der Waals surface area contributed by atoms with Crippen LogP contribution in [0.5, 0.6) is 0 Å². The number of amides is 2. The van der Waals surface area contributed by atoms with Gasteiger partial charge in [0.05, 0.1) is 5.69 Å². The van der Waals surface area contributed by atoms with Gasteiger partial charge in [-0.3, -0.25) is 9.59 Å². The summed E-state index contributed by atoms with van der Waals surface area (Å²) >= 11 is 1.13. The van der Waals surface area contributed by atoms with Crippen LogP contribution < -0.4 is 5.32 Å². The highest BCUT2D eigenvalue weighted by atomic mass is 32.1. The summed E-state index contributed by atoms with van der Waals surface area (Å²) in [5.74, 6) is -3.34. The zero-order valence-corrected chi connectivity index (χ0v) is 17.0. The molecule has 0 saturated carbocycles. The molecule has 0 spiro atoms. The van der Waals surface area contributed by atoms with Crippen LogP contribution in [0, 0.1) is 24.4 Å². The molecule has 0 unspecified atom stereocenters. The molecule has 3 rings (SSSR count). The Morgan fingerprint density at radius 1 is 1.07 bits per heavy atom. The number of aryl methyl sites for hydroxylation is 1. The van der Waals surface area contributed by atoms with Crippen molar-refractivity contribution in [2.75, 3.05) is 18.4 Å². The predicted octanol–water partition coefficient (Wildman–Crippen LogP) is 4.64. The number of carbonyl (C=O) groups excluding carboxylic acids is 2. The number of halogens is 3. The fourth-order valence-corrected chi connectivity index (χ4v) is 3.79. The summed E-state index contributed by atoms with van der Waals surface area (Å²) < 4.78 is 40.6. The van der Waals surface area contributed by atoms with Gasteiger partial charge in [0.1, 0.15) is 39.6 Å². The summed E-state index contributed by atoms with van der Waals surface area (Å²) in [6.07, 6.45) is 0. The van der Waals surface area contributed by atoms with Gasteiger partial charge in [-0.15, -0.1) is 11.3 Å². The Hall–Kier alpha value is -3.20. The topological polar surface area (TPSA) is 62.3 Å². The molecular formula is C21H18F3N3O2S. The minimum Gasteiger partial charge on any atom is -0.329 e. The quantitative estimate of drug-likeness (QED) is 0.616. The lowest BCUT2D eigenvalue weighted by Crippen LogP contribution is -2.38. The normalized spacial score (nSPS) is 10.7. The Balaban J connectivity index is 1.76. The number of rotatable bonds is 6. The number of likely N-dealkylation sites (N-methyl/N-ethyl adjacent to an activating group) is 1. The number of benzene rings is 2. The molecule has 0 radical (unpaired) electrons. The number of para-hydroxylation sites is 1. The molecule has 0 aliphatic carbocycles. The van der Waals surface area contributed by atoms with Crippen LogP contribution in [0.1, 0.15) is 22.3 Å². The molecule has 1 aromatic heterocycles. The summed E-state index contributed by atoms with van der Waals surface area (Å²) in [5, 5.41) is 2.72. The second kappa shape index (κ2) is 9.08. The highest BCUT2D eigenvalue weighted by Crippen LogP contribution is 2.29. The second-order valence-corrected chi connectivity index (χ2v) is 7.40. The predicted molar refractivity (Wildman–Crippen MR) is 109 cm³/mol. The minimum atomic E-state index is -0.903. The van der Waals surface area contributed by atoms with E-state index in [0.29, 0.717) is 21.1 Å².